The molecule has 1 aliphatic rings. The van der Waals surface area contributed by atoms with Crippen molar-refractivity contribution >= 4 is 17.7 Å². The maximum absolute atomic E-state index is 11.8. The van der Waals surface area contributed by atoms with Gasteiger partial charge in [-0.05, 0) is 36.3 Å². The third kappa shape index (κ3) is 4.26. The van der Waals surface area contributed by atoms with Crippen LogP contribution in [0.15, 0.2) is 24.3 Å². The summed E-state index contributed by atoms with van der Waals surface area (Å²) in [5, 5.41) is 14.4. The van der Waals surface area contributed by atoms with E-state index in [0.29, 0.717) is 23.7 Å². The number of anilines is 1. The van der Waals surface area contributed by atoms with Gasteiger partial charge in [0.1, 0.15) is 0 Å². The molecule has 1 aliphatic carbocycles. The minimum atomic E-state index is -0.915. The summed E-state index contributed by atoms with van der Waals surface area (Å²) in [6.07, 6.45) is 2.41. The molecular weight excluding hydrogens is 256 g/mol. The molecule has 0 bridgehead atoms. The summed E-state index contributed by atoms with van der Waals surface area (Å²) >= 11 is 0. The van der Waals surface area contributed by atoms with Crippen LogP contribution in [-0.2, 0) is 11.2 Å². The average molecular weight is 276 g/mol. The molecule has 1 fully saturated rings. The zero-order chi connectivity index (χ0) is 14.5. The average Bonchev–Trinajstić information content (AvgIpc) is 3.22. The zero-order valence-corrected chi connectivity index (χ0v) is 11.6. The largest absolute Gasteiger partial charge is 0.481 e. The van der Waals surface area contributed by atoms with Gasteiger partial charge >= 0.3 is 12.0 Å². The fraction of sp³-hybridized carbons (Fsp3) is 0.467. The Labute approximate surface area is 118 Å². The molecule has 0 aliphatic heterocycles. The third-order valence-electron chi connectivity index (χ3n) is 3.62. The number of nitrogens with one attached hydrogen (secondary N) is 2. The van der Waals surface area contributed by atoms with Gasteiger partial charge in [-0.2, -0.15) is 0 Å². The maximum atomic E-state index is 11.8. The number of para-hydroxylation sites is 1. The minimum absolute atomic E-state index is 0.102. The van der Waals surface area contributed by atoms with Crippen LogP contribution in [0.5, 0.6) is 0 Å². The third-order valence-corrected chi connectivity index (χ3v) is 3.62. The summed E-state index contributed by atoms with van der Waals surface area (Å²) in [4.78, 5) is 22.6. The van der Waals surface area contributed by atoms with Gasteiger partial charge in [-0.15, -0.1) is 0 Å². The number of carboxylic acid groups (broad SMARTS) is 1. The Kier molecular flexibility index (Phi) is 4.61. The van der Waals surface area contributed by atoms with Crippen LogP contribution in [0.1, 0.15) is 25.3 Å². The molecular formula is C15H20N2O3. The van der Waals surface area contributed by atoms with E-state index in [1.54, 1.807) is 24.3 Å². The molecule has 108 valence electrons. The Morgan fingerprint density at radius 3 is 2.70 bits per heavy atom. The standard InChI is InChI=1S/C15H20N2O3/c1-10(11-6-7-11)9-16-15(20)17-13-5-3-2-4-12(13)8-14(18)19/h2-5,10-11H,6-9H2,1H3,(H,18,19)(H2,16,17,20). The Morgan fingerprint density at radius 1 is 1.35 bits per heavy atom. The van der Waals surface area contributed by atoms with E-state index < -0.39 is 5.97 Å². The van der Waals surface area contributed by atoms with E-state index in [2.05, 4.69) is 17.6 Å². The Balaban J connectivity index is 1.88. The Bertz CT molecular complexity index is 498. The second-order valence-electron chi connectivity index (χ2n) is 5.38. The van der Waals surface area contributed by atoms with Gasteiger partial charge in [0, 0.05) is 12.2 Å². The van der Waals surface area contributed by atoms with Crippen LogP contribution in [0.2, 0.25) is 0 Å². The topological polar surface area (TPSA) is 78.4 Å². The van der Waals surface area contributed by atoms with Crippen molar-refractivity contribution in [3.05, 3.63) is 29.8 Å². The molecule has 1 saturated carbocycles. The van der Waals surface area contributed by atoms with E-state index in [1.807, 2.05) is 0 Å². The van der Waals surface area contributed by atoms with Crippen LogP contribution < -0.4 is 10.6 Å². The van der Waals surface area contributed by atoms with Crippen LogP contribution in [0.4, 0.5) is 10.5 Å². The first-order valence-corrected chi connectivity index (χ1v) is 6.91. The highest BCUT2D eigenvalue weighted by Crippen LogP contribution is 2.36. The van der Waals surface area contributed by atoms with Crippen molar-refractivity contribution in [3.8, 4) is 0 Å². The van der Waals surface area contributed by atoms with Gasteiger partial charge in [0.05, 0.1) is 6.42 Å². The Hall–Kier alpha value is -2.04. The summed E-state index contributed by atoms with van der Waals surface area (Å²) in [5.41, 5.74) is 1.15. The van der Waals surface area contributed by atoms with E-state index in [0.717, 1.165) is 5.92 Å². The molecule has 0 heterocycles. The number of carbonyl (C=O) groups is 2. The number of urea groups is 1. The first-order chi connectivity index (χ1) is 9.56. The van der Waals surface area contributed by atoms with Gasteiger partial charge in [0.2, 0.25) is 0 Å². The van der Waals surface area contributed by atoms with Gasteiger partial charge < -0.3 is 15.7 Å². The molecule has 0 aromatic heterocycles. The number of hydrogen-bond acceptors (Lipinski definition) is 2. The fourth-order valence-electron chi connectivity index (χ4n) is 2.21. The lowest BCUT2D eigenvalue weighted by atomic mass is 10.1. The van der Waals surface area contributed by atoms with Crippen molar-refractivity contribution in [3.63, 3.8) is 0 Å². The van der Waals surface area contributed by atoms with Gasteiger partial charge in [-0.25, -0.2) is 4.79 Å². The summed E-state index contributed by atoms with van der Waals surface area (Å²) in [5.74, 6) is 0.326. The van der Waals surface area contributed by atoms with E-state index in [-0.39, 0.29) is 12.5 Å². The van der Waals surface area contributed by atoms with Crippen LogP contribution in [0, 0.1) is 11.8 Å². The molecule has 3 N–H and O–H groups in total. The van der Waals surface area contributed by atoms with Crippen molar-refractivity contribution in [1.29, 1.82) is 0 Å². The first kappa shape index (κ1) is 14.4. The number of carboxylic acids is 1. The number of benzene rings is 1. The highest BCUT2D eigenvalue weighted by atomic mass is 16.4. The van der Waals surface area contributed by atoms with Crippen molar-refractivity contribution < 1.29 is 14.7 Å². The second kappa shape index (κ2) is 6.41. The van der Waals surface area contributed by atoms with E-state index in [4.69, 9.17) is 5.11 Å². The molecule has 2 amide bonds. The van der Waals surface area contributed by atoms with Gasteiger partial charge in [-0.1, -0.05) is 25.1 Å². The first-order valence-electron chi connectivity index (χ1n) is 6.91. The van der Waals surface area contributed by atoms with Crippen molar-refractivity contribution in [1.82, 2.24) is 5.32 Å². The van der Waals surface area contributed by atoms with Crippen molar-refractivity contribution in [2.75, 3.05) is 11.9 Å². The lowest BCUT2D eigenvalue weighted by molar-refractivity contribution is -0.136. The van der Waals surface area contributed by atoms with E-state index >= 15 is 0 Å². The van der Waals surface area contributed by atoms with Crippen LogP contribution in [-0.4, -0.2) is 23.7 Å². The van der Waals surface area contributed by atoms with Crippen LogP contribution in [0.25, 0.3) is 0 Å². The van der Waals surface area contributed by atoms with E-state index in [9.17, 15) is 9.59 Å². The molecule has 5 nitrogen and oxygen atoms in total. The number of amides is 2. The number of rotatable bonds is 6. The van der Waals surface area contributed by atoms with Crippen molar-refractivity contribution in [2.24, 2.45) is 11.8 Å². The summed E-state index contributed by atoms with van der Waals surface area (Å²) in [6, 6.07) is 6.67. The monoisotopic (exact) mass is 276 g/mol. The van der Waals surface area contributed by atoms with E-state index in [1.165, 1.54) is 12.8 Å². The molecule has 2 rings (SSSR count). The zero-order valence-electron chi connectivity index (χ0n) is 11.6. The summed E-state index contributed by atoms with van der Waals surface area (Å²) in [6.45, 7) is 2.79. The van der Waals surface area contributed by atoms with Gasteiger partial charge in [-0.3, -0.25) is 4.79 Å². The van der Waals surface area contributed by atoms with Crippen LogP contribution >= 0.6 is 0 Å². The predicted octanol–water partition coefficient (Wildman–Crippen LogP) is 2.48. The number of aliphatic carboxylic acids is 1. The second-order valence-corrected chi connectivity index (χ2v) is 5.38. The molecule has 1 aromatic rings. The maximum Gasteiger partial charge on any atom is 0.319 e. The smallest absolute Gasteiger partial charge is 0.319 e. The molecule has 5 heteroatoms. The van der Waals surface area contributed by atoms with Crippen LogP contribution in [0.3, 0.4) is 0 Å². The normalized spacial score (nSPS) is 15.4. The van der Waals surface area contributed by atoms with Gasteiger partial charge in [0.25, 0.3) is 0 Å². The highest BCUT2D eigenvalue weighted by molar-refractivity contribution is 5.90. The molecule has 0 saturated heterocycles. The SMILES string of the molecule is CC(CNC(=O)Nc1ccccc1CC(=O)O)C1CC1. The molecule has 20 heavy (non-hydrogen) atoms. The Morgan fingerprint density at radius 2 is 2.05 bits per heavy atom. The quantitative estimate of drug-likeness (QED) is 0.747. The molecule has 1 unspecified atom stereocenters. The number of carbonyl (C=O) groups excluding carboxylic acids is 1. The molecule has 1 atom stereocenters. The molecule has 0 radical (unpaired) electrons. The highest BCUT2D eigenvalue weighted by Gasteiger charge is 2.27. The number of hydrogen-bond donors (Lipinski definition) is 3. The minimum Gasteiger partial charge on any atom is -0.481 e. The molecule has 0 spiro atoms. The summed E-state index contributed by atoms with van der Waals surface area (Å²) < 4.78 is 0. The van der Waals surface area contributed by atoms with Gasteiger partial charge in [0.15, 0.2) is 0 Å². The summed E-state index contributed by atoms with van der Waals surface area (Å²) in [7, 11) is 0. The van der Waals surface area contributed by atoms with Crippen molar-refractivity contribution in [2.45, 2.75) is 26.2 Å². The molecule has 1 aromatic carbocycles. The fourth-order valence-corrected chi connectivity index (χ4v) is 2.21. The predicted molar refractivity (Wildman–Crippen MR) is 76.7 cm³/mol. The lowest BCUT2D eigenvalue weighted by Crippen LogP contribution is -2.33. The lowest BCUT2D eigenvalue weighted by Gasteiger charge is -2.13.